The minimum absolute atomic E-state index is 0.0715. The lowest BCUT2D eigenvalue weighted by Gasteiger charge is -2.13. The van der Waals surface area contributed by atoms with Gasteiger partial charge in [-0.15, -0.1) is 0 Å². The highest BCUT2D eigenvalue weighted by Gasteiger charge is 2.27. The van der Waals surface area contributed by atoms with Crippen molar-refractivity contribution in [1.29, 1.82) is 0 Å². The number of rotatable bonds is 7. The van der Waals surface area contributed by atoms with Gasteiger partial charge in [0.05, 0.1) is 45.5 Å². The summed E-state index contributed by atoms with van der Waals surface area (Å²) in [6.45, 7) is 8.64. The maximum absolute atomic E-state index is 13.2. The van der Waals surface area contributed by atoms with Crippen molar-refractivity contribution >= 4 is 29.1 Å². The summed E-state index contributed by atoms with van der Waals surface area (Å²) in [5.74, 6) is 0.963. The van der Waals surface area contributed by atoms with Crippen molar-refractivity contribution in [2.45, 2.75) is 46.6 Å². The second-order valence-electron chi connectivity index (χ2n) is 7.73. The molecule has 0 fully saturated rings. The van der Waals surface area contributed by atoms with Gasteiger partial charge in [-0.2, -0.15) is 5.10 Å². The number of hydrogen-bond donors (Lipinski definition) is 1. The molecule has 1 amide bonds. The van der Waals surface area contributed by atoms with Crippen LogP contribution in [0.4, 0.5) is 0 Å². The molecule has 0 saturated carbocycles. The van der Waals surface area contributed by atoms with Crippen LogP contribution in [0.15, 0.2) is 41.0 Å². The minimum Gasteiger partial charge on any atom is -0.467 e. The predicted octanol–water partition coefficient (Wildman–Crippen LogP) is 6.02. The second-order valence-corrected chi connectivity index (χ2v) is 8.55. The van der Waals surface area contributed by atoms with Gasteiger partial charge in [-0.1, -0.05) is 50.9 Å². The van der Waals surface area contributed by atoms with Crippen LogP contribution in [0.3, 0.4) is 0 Å². The summed E-state index contributed by atoms with van der Waals surface area (Å²) >= 11 is 12.3. The average Bonchev–Trinajstić information content (AvgIpc) is 3.29. The van der Waals surface area contributed by atoms with Crippen LogP contribution >= 0.6 is 23.2 Å². The first-order valence-electron chi connectivity index (χ1n) is 9.65. The van der Waals surface area contributed by atoms with Crippen LogP contribution in [0.2, 0.25) is 10.0 Å². The molecule has 0 radical (unpaired) electrons. The van der Waals surface area contributed by atoms with Crippen molar-refractivity contribution in [3.63, 3.8) is 0 Å². The first kappa shape index (κ1) is 21.5. The van der Waals surface area contributed by atoms with Crippen LogP contribution in [-0.4, -0.2) is 15.7 Å². The monoisotopic (exact) mass is 433 g/mol. The molecule has 0 bridgehead atoms. The van der Waals surface area contributed by atoms with Crippen molar-refractivity contribution < 1.29 is 9.21 Å². The molecule has 2 aromatic heterocycles. The van der Waals surface area contributed by atoms with E-state index in [-0.39, 0.29) is 11.8 Å². The summed E-state index contributed by atoms with van der Waals surface area (Å²) in [6.07, 6.45) is 2.28. The molecule has 0 aliphatic carbocycles. The third-order valence-corrected chi connectivity index (χ3v) is 5.26. The molecule has 3 rings (SSSR count). The van der Waals surface area contributed by atoms with Crippen LogP contribution in [0.25, 0.3) is 5.69 Å². The van der Waals surface area contributed by atoms with Gasteiger partial charge in [0.25, 0.3) is 5.91 Å². The fourth-order valence-electron chi connectivity index (χ4n) is 3.27. The van der Waals surface area contributed by atoms with Crippen LogP contribution in [0, 0.1) is 5.92 Å². The number of hydrogen-bond acceptors (Lipinski definition) is 3. The van der Waals surface area contributed by atoms with Crippen molar-refractivity contribution in [1.82, 2.24) is 15.1 Å². The Morgan fingerprint density at radius 1 is 1.17 bits per heavy atom. The number of halogens is 2. The summed E-state index contributed by atoms with van der Waals surface area (Å²) in [5, 5.41) is 8.70. The molecule has 0 saturated heterocycles. The molecule has 0 atom stereocenters. The zero-order valence-corrected chi connectivity index (χ0v) is 18.5. The second kappa shape index (κ2) is 9.06. The predicted molar refractivity (Wildman–Crippen MR) is 116 cm³/mol. The molecule has 5 nitrogen and oxygen atoms in total. The molecule has 1 aromatic carbocycles. The molecule has 154 valence electrons. The number of carbonyl (C=O) groups excluding carboxylic acids is 1. The van der Waals surface area contributed by atoms with Gasteiger partial charge in [0.2, 0.25) is 0 Å². The Bertz CT molecular complexity index is 992. The lowest BCUT2D eigenvalue weighted by atomic mass is 9.98. The van der Waals surface area contributed by atoms with E-state index in [2.05, 4.69) is 19.2 Å². The molecule has 0 unspecified atom stereocenters. The Hall–Kier alpha value is -2.24. The maximum atomic E-state index is 13.2. The van der Waals surface area contributed by atoms with Crippen LogP contribution < -0.4 is 5.32 Å². The summed E-state index contributed by atoms with van der Waals surface area (Å²) in [6, 6.07) is 9.00. The van der Waals surface area contributed by atoms with E-state index in [0.717, 1.165) is 17.1 Å². The van der Waals surface area contributed by atoms with E-state index in [4.69, 9.17) is 32.7 Å². The Kier molecular flexibility index (Phi) is 6.70. The van der Waals surface area contributed by atoms with E-state index < -0.39 is 0 Å². The number of nitrogens with one attached hydrogen (secondary N) is 1. The molecule has 3 aromatic rings. The number of furan rings is 1. The topological polar surface area (TPSA) is 60.1 Å². The van der Waals surface area contributed by atoms with Gasteiger partial charge in [-0.25, -0.2) is 4.68 Å². The van der Waals surface area contributed by atoms with Gasteiger partial charge in [-0.05, 0) is 48.6 Å². The molecular formula is C22H25Cl2N3O2. The number of aromatic nitrogens is 2. The molecule has 1 N–H and O–H groups in total. The summed E-state index contributed by atoms with van der Waals surface area (Å²) in [7, 11) is 0. The maximum Gasteiger partial charge on any atom is 0.255 e. The normalized spacial score (nSPS) is 11.4. The number of nitrogens with zero attached hydrogens (tertiary/aromatic N) is 2. The average molecular weight is 434 g/mol. The minimum atomic E-state index is -0.160. The molecule has 29 heavy (non-hydrogen) atoms. The van der Waals surface area contributed by atoms with Gasteiger partial charge < -0.3 is 9.73 Å². The van der Waals surface area contributed by atoms with Crippen molar-refractivity contribution in [2.24, 2.45) is 5.92 Å². The molecular weight excluding hydrogens is 409 g/mol. The van der Waals surface area contributed by atoms with Gasteiger partial charge in [0, 0.05) is 0 Å². The van der Waals surface area contributed by atoms with Crippen LogP contribution in [0.5, 0.6) is 0 Å². The van der Waals surface area contributed by atoms with Crippen molar-refractivity contribution in [3.05, 3.63) is 69.4 Å². The first-order chi connectivity index (χ1) is 13.8. The largest absolute Gasteiger partial charge is 0.467 e. The zero-order chi connectivity index (χ0) is 21.1. The van der Waals surface area contributed by atoms with E-state index in [1.165, 1.54) is 0 Å². The standard InChI is InChI=1S/C22H25Cl2N3O2/c1-13(2)10-19-20(22(28)25-12-16-6-5-9-29-16)21(14(3)4)27(26-19)15-7-8-17(23)18(24)11-15/h5-9,11,13-14H,10,12H2,1-4H3,(H,25,28). The van der Waals surface area contributed by atoms with Gasteiger partial charge >= 0.3 is 0 Å². The third kappa shape index (κ3) is 4.85. The fourth-order valence-corrected chi connectivity index (χ4v) is 3.56. The Balaban J connectivity index is 2.07. The number of carbonyl (C=O) groups is 1. The van der Waals surface area contributed by atoms with E-state index in [1.54, 1.807) is 24.5 Å². The van der Waals surface area contributed by atoms with Crippen molar-refractivity contribution in [3.8, 4) is 5.69 Å². The highest BCUT2D eigenvalue weighted by Crippen LogP contribution is 2.30. The van der Waals surface area contributed by atoms with Gasteiger partial charge in [-0.3, -0.25) is 4.79 Å². The smallest absolute Gasteiger partial charge is 0.255 e. The summed E-state index contributed by atoms with van der Waals surface area (Å²) < 4.78 is 7.14. The van der Waals surface area contributed by atoms with Crippen molar-refractivity contribution in [2.75, 3.05) is 0 Å². The van der Waals surface area contributed by atoms with E-state index in [0.29, 0.717) is 40.3 Å². The van der Waals surface area contributed by atoms with Crippen LogP contribution in [-0.2, 0) is 13.0 Å². The number of benzene rings is 1. The Morgan fingerprint density at radius 3 is 2.52 bits per heavy atom. The quantitative estimate of drug-likeness (QED) is 0.494. The first-order valence-corrected chi connectivity index (χ1v) is 10.4. The molecule has 0 aliphatic rings. The van der Waals surface area contributed by atoms with Gasteiger partial charge in [0.15, 0.2) is 0 Å². The van der Waals surface area contributed by atoms with E-state index >= 15 is 0 Å². The molecule has 0 spiro atoms. The lowest BCUT2D eigenvalue weighted by molar-refractivity contribution is 0.0945. The van der Waals surface area contributed by atoms with E-state index in [1.807, 2.05) is 30.7 Å². The Morgan fingerprint density at radius 2 is 1.93 bits per heavy atom. The fraction of sp³-hybridized carbons (Fsp3) is 0.364. The Labute approximate surface area is 181 Å². The third-order valence-electron chi connectivity index (χ3n) is 4.52. The highest BCUT2D eigenvalue weighted by atomic mass is 35.5. The van der Waals surface area contributed by atoms with Gasteiger partial charge in [0.1, 0.15) is 5.76 Å². The van der Waals surface area contributed by atoms with Crippen LogP contribution in [0.1, 0.15) is 61.1 Å². The lowest BCUT2D eigenvalue weighted by Crippen LogP contribution is -2.25. The zero-order valence-electron chi connectivity index (χ0n) is 17.0. The molecule has 7 heteroatoms. The summed E-state index contributed by atoms with van der Waals surface area (Å²) in [5.41, 5.74) is 3.01. The number of amides is 1. The molecule has 2 heterocycles. The SMILES string of the molecule is CC(C)Cc1nn(-c2ccc(Cl)c(Cl)c2)c(C(C)C)c1C(=O)NCc1ccco1. The molecule has 0 aliphatic heterocycles. The van der Waals surface area contributed by atoms with E-state index in [9.17, 15) is 4.79 Å². The highest BCUT2D eigenvalue weighted by molar-refractivity contribution is 6.42. The summed E-state index contributed by atoms with van der Waals surface area (Å²) in [4.78, 5) is 13.2.